The summed E-state index contributed by atoms with van der Waals surface area (Å²) < 4.78 is 0. The quantitative estimate of drug-likeness (QED) is 0.826. The molecule has 1 aliphatic carbocycles. The second-order valence-corrected chi connectivity index (χ2v) is 7.48. The van der Waals surface area contributed by atoms with Gasteiger partial charge in [-0.05, 0) is 61.4 Å². The molecule has 2 aromatic carbocycles. The van der Waals surface area contributed by atoms with Crippen molar-refractivity contribution in [2.45, 2.75) is 39.2 Å². The van der Waals surface area contributed by atoms with Gasteiger partial charge in [-0.15, -0.1) is 0 Å². The zero-order chi connectivity index (χ0) is 16.5. The zero-order valence-corrected chi connectivity index (χ0v) is 15.0. The number of nitrogens with zero attached hydrogens (tertiary/aromatic N) is 2. The van der Waals surface area contributed by atoms with Crippen LogP contribution in [0.25, 0.3) is 0 Å². The Morgan fingerprint density at radius 3 is 2.42 bits per heavy atom. The van der Waals surface area contributed by atoms with Crippen molar-refractivity contribution in [2.24, 2.45) is 0 Å². The number of fused-ring (bicyclic) bond motifs is 1. The fraction of sp³-hybridized carbons (Fsp3) is 0.455. The molecule has 0 N–H and O–H groups in total. The van der Waals surface area contributed by atoms with Gasteiger partial charge in [-0.25, -0.2) is 0 Å². The Bertz CT molecular complexity index is 714. The summed E-state index contributed by atoms with van der Waals surface area (Å²) in [5, 5.41) is 0. The van der Waals surface area contributed by atoms with Gasteiger partial charge in [0.2, 0.25) is 0 Å². The van der Waals surface area contributed by atoms with Gasteiger partial charge in [-0.3, -0.25) is 4.90 Å². The summed E-state index contributed by atoms with van der Waals surface area (Å²) in [6.45, 7) is 9.13. The summed E-state index contributed by atoms with van der Waals surface area (Å²) in [6.07, 6.45) is 3.80. The van der Waals surface area contributed by atoms with Gasteiger partial charge in [-0.1, -0.05) is 36.4 Å². The van der Waals surface area contributed by atoms with E-state index in [-0.39, 0.29) is 0 Å². The van der Waals surface area contributed by atoms with Crippen molar-refractivity contribution >= 4 is 5.69 Å². The molecule has 0 amide bonds. The van der Waals surface area contributed by atoms with Gasteiger partial charge in [0, 0.05) is 37.9 Å². The molecule has 0 spiro atoms. The highest BCUT2D eigenvalue weighted by Gasteiger charge is 2.27. The van der Waals surface area contributed by atoms with E-state index in [1.54, 1.807) is 11.1 Å². The molecular weight excluding hydrogens is 292 g/mol. The molecule has 1 aliphatic heterocycles. The molecule has 4 rings (SSSR count). The number of benzene rings is 2. The second-order valence-electron chi connectivity index (χ2n) is 7.48. The van der Waals surface area contributed by atoms with Gasteiger partial charge in [0.15, 0.2) is 0 Å². The molecule has 2 aliphatic rings. The van der Waals surface area contributed by atoms with E-state index in [9.17, 15) is 0 Å². The average Bonchev–Trinajstić information content (AvgIpc) is 2.63. The third-order valence-electron chi connectivity index (χ3n) is 5.86. The van der Waals surface area contributed by atoms with Gasteiger partial charge in [-0.2, -0.15) is 0 Å². The Morgan fingerprint density at radius 2 is 1.62 bits per heavy atom. The average molecular weight is 320 g/mol. The Hall–Kier alpha value is -1.80. The van der Waals surface area contributed by atoms with Gasteiger partial charge in [0.05, 0.1) is 0 Å². The summed E-state index contributed by atoms with van der Waals surface area (Å²) in [6, 6.07) is 16.6. The number of rotatable bonds is 2. The monoisotopic (exact) mass is 320 g/mol. The maximum atomic E-state index is 2.73. The minimum atomic E-state index is 0.737. The molecule has 2 aromatic rings. The number of hydrogen-bond acceptors (Lipinski definition) is 2. The lowest BCUT2D eigenvalue weighted by atomic mass is 9.87. The summed E-state index contributed by atoms with van der Waals surface area (Å²) in [5.74, 6) is 0. The minimum absolute atomic E-state index is 0.737. The van der Waals surface area contributed by atoms with E-state index < -0.39 is 0 Å². The molecule has 1 unspecified atom stereocenters. The Morgan fingerprint density at radius 1 is 0.875 bits per heavy atom. The molecule has 126 valence electrons. The molecule has 24 heavy (non-hydrogen) atoms. The number of piperazine rings is 1. The third kappa shape index (κ3) is 3.08. The first kappa shape index (κ1) is 15.7. The molecular formula is C22H28N2. The molecule has 0 radical (unpaired) electrons. The first-order chi connectivity index (χ1) is 11.7. The van der Waals surface area contributed by atoms with Gasteiger partial charge < -0.3 is 4.90 Å². The number of aryl methyl sites for hydroxylation is 3. The van der Waals surface area contributed by atoms with Crippen LogP contribution in [0.3, 0.4) is 0 Å². The van der Waals surface area contributed by atoms with E-state index in [0.717, 1.165) is 19.1 Å². The summed E-state index contributed by atoms with van der Waals surface area (Å²) in [5.41, 5.74) is 7.35. The Balaban J connectivity index is 1.41. The normalized spacial score (nSPS) is 21.6. The summed E-state index contributed by atoms with van der Waals surface area (Å²) in [4.78, 5) is 5.31. The molecule has 0 saturated carbocycles. The highest BCUT2D eigenvalue weighted by molar-refractivity contribution is 5.55. The smallest absolute Gasteiger partial charge is 0.0399 e. The second kappa shape index (κ2) is 6.60. The predicted molar refractivity (Wildman–Crippen MR) is 102 cm³/mol. The van der Waals surface area contributed by atoms with Crippen molar-refractivity contribution in [1.82, 2.24) is 4.90 Å². The molecule has 1 atom stereocenters. The van der Waals surface area contributed by atoms with Crippen LogP contribution < -0.4 is 4.90 Å². The largest absolute Gasteiger partial charge is 0.369 e. The molecule has 1 saturated heterocycles. The standard InChI is InChI=1S/C22H28N2/c1-17-7-8-18(2)22(15-17)24-13-11-23(12-14-24)21-10-9-19-5-3-4-6-20(19)16-21/h3-8,15,21H,9-14,16H2,1-2H3. The maximum Gasteiger partial charge on any atom is 0.0399 e. The first-order valence-corrected chi connectivity index (χ1v) is 9.34. The van der Waals surface area contributed by atoms with Crippen molar-refractivity contribution in [3.05, 3.63) is 64.7 Å². The molecule has 0 bridgehead atoms. The van der Waals surface area contributed by atoms with E-state index in [0.29, 0.717) is 0 Å². The Kier molecular flexibility index (Phi) is 4.32. The van der Waals surface area contributed by atoms with Crippen LogP contribution in [0.4, 0.5) is 5.69 Å². The van der Waals surface area contributed by atoms with Crippen molar-refractivity contribution in [3.63, 3.8) is 0 Å². The van der Waals surface area contributed by atoms with Gasteiger partial charge in [0.1, 0.15) is 0 Å². The van der Waals surface area contributed by atoms with Gasteiger partial charge >= 0.3 is 0 Å². The van der Waals surface area contributed by atoms with Gasteiger partial charge in [0.25, 0.3) is 0 Å². The molecule has 0 aromatic heterocycles. The maximum absolute atomic E-state index is 2.73. The fourth-order valence-electron chi connectivity index (χ4n) is 4.38. The summed E-state index contributed by atoms with van der Waals surface area (Å²) >= 11 is 0. The molecule has 1 fully saturated rings. The van der Waals surface area contributed by atoms with Crippen LogP contribution in [-0.2, 0) is 12.8 Å². The van der Waals surface area contributed by atoms with Crippen molar-refractivity contribution in [2.75, 3.05) is 31.1 Å². The van der Waals surface area contributed by atoms with Crippen LogP contribution in [-0.4, -0.2) is 37.1 Å². The van der Waals surface area contributed by atoms with Crippen LogP contribution in [0.15, 0.2) is 42.5 Å². The SMILES string of the molecule is Cc1ccc(C)c(N2CCN(C3CCc4ccccc4C3)CC2)c1. The highest BCUT2D eigenvalue weighted by atomic mass is 15.3. The lowest BCUT2D eigenvalue weighted by Crippen LogP contribution is -2.51. The van der Waals surface area contributed by atoms with E-state index in [4.69, 9.17) is 0 Å². The minimum Gasteiger partial charge on any atom is -0.369 e. The van der Waals surface area contributed by atoms with E-state index >= 15 is 0 Å². The van der Waals surface area contributed by atoms with Crippen LogP contribution in [0.1, 0.15) is 28.7 Å². The lowest BCUT2D eigenvalue weighted by Gasteiger charge is -2.42. The molecule has 1 heterocycles. The van der Waals surface area contributed by atoms with E-state index in [1.165, 1.54) is 49.2 Å². The predicted octanol–water partition coefficient (Wildman–Crippen LogP) is 3.98. The number of anilines is 1. The zero-order valence-electron chi connectivity index (χ0n) is 15.0. The van der Waals surface area contributed by atoms with Crippen LogP contribution >= 0.6 is 0 Å². The molecule has 2 nitrogen and oxygen atoms in total. The van der Waals surface area contributed by atoms with Crippen LogP contribution in [0.5, 0.6) is 0 Å². The van der Waals surface area contributed by atoms with E-state index in [1.807, 2.05) is 0 Å². The summed E-state index contributed by atoms with van der Waals surface area (Å²) in [7, 11) is 0. The van der Waals surface area contributed by atoms with Crippen molar-refractivity contribution < 1.29 is 0 Å². The first-order valence-electron chi connectivity index (χ1n) is 9.34. The third-order valence-corrected chi connectivity index (χ3v) is 5.86. The van der Waals surface area contributed by atoms with E-state index in [2.05, 4.69) is 66.1 Å². The van der Waals surface area contributed by atoms with Crippen molar-refractivity contribution in [3.8, 4) is 0 Å². The molecule has 2 heteroatoms. The van der Waals surface area contributed by atoms with Crippen LogP contribution in [0.2, 0.25) is 0 Å². The number of hydrogen-bond donors (Lipinski definition) is 0. The fourth-order valence-corrected chi connectivity index (χ4v) is 4.38. The lowest BCUT2D eigenvalue weighted by molar-refractivity contribution is 0.170. The van der Waals surface area contributed by atoms with Crippen molar-refractivity contribution in [1.29, 1.82) is 0 Å². The topological polar surface area (TPSA) is 6.48 Å². The van der Waals surface area contributed by atoms with Crippen LogP contribution in [0, 0.1) is 13.8 Å². The Labute approximate surface area is 146 Å². The highest BCUT2D eigenvalue weighted by Crippen LogP contribution is 2.27.